The molecule has 16 heavy (non-hydrogen) atoms. The molecule has 0 radical (unpaired) electrons. The van der Waals surface area contributed by atoms with Crippen molar-refractivity contribution in [1.29, 1.82) is 0 Å². The molecule has 1 saturated carbocycles. The maximum atomic E-state index is 4.48. The van der Waals surface area contributed by atoms with Crippen LogP contribution in [0.1, 0.15) is 38.1 Å². The van der Waals surface area contributed by atoms with E-state index in [1.54, 1.807) is 0 Å². The Balaban J connectivity index is 2.28. The Kier molecular flexibility index (Phi) is 2.74. The van der Waals surface area contributed by atoms with Gasteiger partial charge in [0.15, 0.2) is 0 Å². The van der Waals surface area contributed by atoms with Crippen molar-refractivity contribution in [3.05, 3.63) is 11.4 Å². The van der Waals surface area contributed by atoms with E-state index in [1.165, 1.54) is 12.8 Å². The number of nitrogens with zero attached hydrogens (tertiary/aromatic N) is 2. The lowest BCUT2D eigenvalue weighted by Crippen LogP contribution is -2.19. The van der Waals surface area contributed by atoms with Crippen molar-refractivity contribution in [1.82, 2.24) is 9.97 Å². The monoisotopic (exact) mass is 220 g/mol. The van der Waals surface area contributed by atoms with Crippen LogP contribution >= 0.6 is 0 Å². The minimum absolute atomic E-state index is 0.259. The Morgan fingerprint density at radius 2 is 1.81 bits per heavy atom. The highest BCUT2D eigenvalue weighted by atomic mass is 15.1. The van der Waals surface area contributed by atoms with Gasteiger partial charge < -0.3 is 10.6 Å². The predicted octanol–water partition coefficient (Wildman–Crippen LogP) is 2.49. The van der Waals surface area contributed by atoms with Gasteiger partial charge in [0.05, 0.1) is 0 Å². The second-order valence-corrected chi connectivity index (χ2v) is 4.81. The van der Waals surface area contributed by atoms with Gasteiger partial charge in [-0.05, 0) is 40.5 Å². The molecule has 0 atom stereocenters. The molecule has 1 aliphatic carbocycles. The van der Waals surface area contributed by atoms with Gasteiger partial charge in [-0.2, -0.15) is 0 Å². The highest BCUT2D eigenvalue weighted by molar-refractivity contribution is 5.58. The van der Waals surface area contributed by atoms with Crippen molar-refractivity contribution in [2.24, 2.45) is 0 Å². The van der Waals surface area contributed by atoms with E-state index in [0.29, 0.717) is 0 Å². The molecule has 2 N–H and O–H groups in total. The number of rotatable bonds is 4. The molecule has 0 bridgehead atoms. The molecule has 88 valence electrons. The first kappa shape index (κ1) is 11.2. The van der Waals surface area contributed by atoms with Crippen molar-refractivity contribution in [3.8, 4) is 0 Å². The molecule has 2 rings (SSSR count). The van der Waals surface area contributed by atoms with Crippen molar-refractivity contribution < 1.29 is 0 Å². The van der Waals surface area contributed by atoms with Crippen LogP contribution in [0.15, 0.2) is 0 Å². The fourth-order valence-electron chi connectivity index (χ4n) is 1.69. The van der Waals surface area contributed by atoms with Gasteiger partial charge >= 0.3 is 0 Å². The number of aryl methyl sites for hydroxylation is 1. The van der Waals surface area contributed by atoms with Gasteiger partial charge in [-0.1, -0.05) is 0 Å². The molecule has 0 amide bonds. The topological polar surface area (TPSA) is 49.8 Å². The summed E-state index contributed by atoms with van der Waals surface area (Å²) in [5, 5.41) is 6.78. The van der Waals surface area contributed by atoms with Crippen molar-refractivity contribution >= 4 is 11.6 Å². The summed E-state index contributed by atoms with van der Waals surface area (Å²) >= 11 is 0. The highest BCUT2D eigenvalue weighted by Gasteiger charge is 2.37. The molecule has 0 aromatic carbocycles. The highest BCUT2D eigenvalue weighted by Crippen LogP contribution is 2.38. The third-order valence-corrected chi connectivity index (χ3v) is 3.02. The van der Waals surface area contributed by atoms with Gasteiger partial charge in [0.1, 0.15) is 17.5 Å². The molecular formula is C12H20N4. The minimum atomic E-state index is 0.259. The first-order valence-electron chi connectivity index (χ1n) is 5.91. The number of anilines is 2. The van der Waals surface area contributed by atoms with Gasteiger partial charge in [0.25, 0.3) is 0 Å². The Hall–Kier alpha value is -1.32. The van der Waals surface area contributed by atoms with Crippen LogP contribution in [0.4, 0.5) is 11.6 Å². The molecule has 1 heterocycles. The fraction of sp³-hybridized carbons (Fsp3) is 0.667. The number of hydrogen-bond acceptors (Lipinski definition) is 4. The summed E-state index contributed by atoms with van der Waals surface area (Å²) in [6.07, 6.45) is 2.46. The van der Waals surface area contributed by atoms with E-state index >= 15 is 0 Å². The Morgan fingerprint density at radius 1 is 1.19 bits per heavy atom. The standard InChI is InChI=1S/C12H20N4/c1-5-13-10-8(2)11(15-9(3)14-10)16-12(4)6-7-12/h5-7H2,1-4H3,(H2,13,14,15,16). The van der Waals surface area contributed by atoms with Gasteiger partial charge in [0, 0.05) is 17.6 Å². The lowest BCUT2D eigenvalue weighted by Gasteiger charge is -2.17. The second kappa shape index (κ2) is 3.92. The third kappa shape index (κ3) is 2.26. The zero-order chi connectivity index (χ0) is 11.8. The Morgan fingerprint density at radius 3 is 2.38 bits per heavy atom. The molecule has 0 unspecified atom stereocenters. The van der Waals surface area contributed by atoms with Gasteiger partial charge in [-0.3, -0.25) is 0 Å². The zero-order valence-electron chi connectivity index (χ0n) is 10.5. The first-order chi connectivity index (χ1) is 7.54. The van der Waals surface area contributed by atoms with E-state index in [0.717, 1.165) is 29.6 Å². The third-order valence-electron chi connectivity index (χ3n) is 3.02. The van der Waals surface area contributed by atoms with E-state index in [4.69, 9.17) is 0 Å². The number of nitrogens with one attached hydrogen (secondary N) is 2. The molecule has 1 aliphatic rings. The van der Waals surface area contributed by atoms with E-state index < -0.39 is 0 Å². The summed E-state index contributed by atoms with van der Waals surface area (Å²) in [6.45, 7) is 9.18. The summed E-state index contributed by atoms with van der Waals surface area (Å²) < 4.78 is 0. The Labute approximate surface area is 96.9 Å². The molecule has 1 fully saturated rings. The van der Waals surface area contributed by atoms with Crippen LogP contribution in [0.5, 0.6) is 0 Å². The van der Waals surface area contributed by atoms with E-state index in [2.05, 4.69) is 41.4 Å². The largest absolute Gasteiger partial charge is 0.370 e. The Bertz CT molecular complexity index is 396. The molecular weight excluding hydrogens is 200 g/mol. The lowest BCUT2D eigenvalue weighted by atomic mass is 10.2. The number of aromatic nitrogens is 2. The summed E-state index contributed by atoms with van der Waals surface area (Å²) in [6, 6.07) is 0. The summed E-state index contributed by atoms with van der Waals surface area (Å²) in [5.41, 5.74) is 1.37. The predicted molar refractivity (Wildman–Crippen MR) is 66.9 cm³/mol. The van der Waals surface area contributed by atoms with E-state index in [-0.39, 0.29) is 5.54 Å². The normalized spacial score (nSPS) is 17.0. The first-order valence-corrected chi connectivity index (χ1v) is 5.91. The average molecular weight is 220 g/mol. The SMILES string of the molecule is CCNc1nc(C)nc(NC2(C)CC2)c1C. The fourth-order valence-corrected chi connectivity index (χ4v) is 1.69. The summed E-state index contributed by atoms with van der Waals surface area (Å²) in [7, 11) is 0. The zero-order valence-corrected chi connectivity index (χ0v) is 10.5. The molecule has 1 aromatic heterocycles. The average Bonchev–Trinajstić information content (AvgIpc) is 2.92. The van der Waals surface area contributed by atoms with Gasteiger partial charge in [-0.15, -0.1) is 0 Å². The van der Waals surface area contributed by atoms with Gasteiger partial charge in [0.2, 0.25) is 0 Å². The summed E-state index contributed by atoms with van der Waals surface area (Å²) in [5.74, 6) is 2.73. The van der Waals surface area contributed by atoms with Crippen LogP contribution in [-0.4, -0.2) is 22.1 Å². The molecule has 4 heteroatoms. The van der Waals surface area contributed by atoms with Crippen LogP contribution in [0.2, 0.25) is 0 Å². The quantitative estimate of drug-likeness (QED) is 0.818. The molecule has 0 saturated heterocycles. The molecule has 0 spiro atoms. The molecule has 1 aromatic rings. The van der Waals surface area contributed by atoms with E-state index in [9.17, 15) is 0 Å². The number of hydrogen-bond donors (Lipinski definition) is 2. The summed E-state index contributed by atoms with van der Waals surface area (Å²) in [4.78, 5) is 8.89. The van der Waals surface area contributed by atoms with Crippen LogP contribution in [-0.2, 0) is 0 Å². The lowest BCUT2D eigenvalue weighted by molar-refractivity contribution is 0.813. The minimum Gasteiger partial charge on any atom is -0.370 e. The molecule has 0 aliphatic heterocycles. The maximum Gasteiger partial charge on any atom is 0.135 e. The van der Waals surface area contributed by atoms with Crippen molar-refractivity contribution in [2.45, 2.75) is 46.1 Å². The van der Waals surface area contributed by atoms with Crippen LogP contribution < -0.4 is 10.6 Å². The molecule has 4 nitrogen and oxygen atoms in total. The van der Waals surface area contributed by atoms with E-state index in [1.807, 2.05) is 6.92 Å². The maximum absolute atomic E-state index is 4.48. The second-order valence-electron chi connectivity index (χ2n) is 4.81. The van der Waals surface area contributed by atoms with Gasteiger partial charge in [-0.25, -0.2) is 9.97 Å². The van der Waals surface area contributed by atoms with Crippen LogP contribution in [0, 0.1) is 13.8 Å². The van der Waals surface area contributed by atoms with Crippen LogP contribution in [0.3, 0.4) is 0 Å². The van der Waals surface area contributed by atoms with Crippen LogP contribution in [0.25, 0.3) is 0 Å². The van der Waals surface area contributed by atoms with Crippen molar-refractivity contribution in [3.63, 3.8) is 0 Å². The smallest absolute Gasteiger partial charge is 0.135 e. The van der Waals surface area contributed by atoms with Crippen molar-refractivity contribution in [2.75, 3.05) is 17.2 Å².